The van der Waals surface area contributed by atoms with Crippen LogP contribution in [0.2, 0.25) is 0 Å². The molecule has 0 aliphatic carbocycles. The molecule has 1 aliphatic rings. The van der Waals surface area contributed by atoms with Gasteiger partial charge in [0, 0.05) is 36.3 Å². The molecule has 0 saturated carbocycles. The van der Waals surface area contributed by atoms with E-state index in [-0.39, 0.29) is 30.9 Å². The molecule has 1 aliphatic heterocycles. The van der Waals surface area contributed by atoms with Crippen LogP contribution in [-0.2, 0) is 9.53 Å². The van der Waals surface area contributed by atoms with Gasteiger partial charge in [0.1, 0.15) is 5.82 Å². The van der Waals surface area contributed by atoms with Crippen molar-refractivity contribution in [3.8, 4) is 11.1 Å². The Morgan fingerprint density at radius 1 is 1.03 bits per heavy atom. The Hall–Kier alpha value is -3.75. The summed E-state index contributed by atoms with van der Waals surface area (Å²) in [7, 11) is 0. The highest BCUT2D eigenvalue weighted by atomic mass is 16.5. The lowest BCUT2D eigenvalue weighted by Crippen LogP contribution is -2.26. The highest BCUT2D eigenvalue weighted by molar-refractivity contribution is 5.97. The zero-order valence-electron chi connectivity index (χ0n) is 18.1. The summed E-state index contributed by atoms with van der Waals surface area (Å²) in [6.45, 7) is 1.04. The molecule has 1 atom stereocenters. The number of rotatable bonds is 8. The first-order valence-electron chi connectivity index (χ1n) is 10.8. The number of nitrogens with one attached hydrogen (secondary N) is 3. The van der Waals surface area contributed by atoms with Gasteiger partial charge >= 0.3 is 0 Å². The molecule has 8 nitrogen and oxygen atoms in total. The van der Waals surface area contributed by atoms with E-state index in [1.165, 1.54) is 0 Å². The van der Waals surface area contributed by atoms with Crippen LogP contribution in [-0.4, -0.2) is 48.3 Å². The van der Waals surface area contributed by atoms with Crippen molar-refractivity contribution in [1.29, 1.82) is 0 Å². The van der Waals surface area contributed by atoms with Crippen LogP contribution < -0.4 is 16.0 Å². The minimum absolute atomic E-state index is 0.110. The predicted octanol–water partition coefficient (Wildman–Crippen LogP) is 3.19. The molecule has 1 unspecified atom stereocenters. The quantitative estimate of drug-likeness (QED) is 0.423. The van der Waals surface area contributed by atoms with Crippen molar-refractivity contribution >= 4 is 29.0 Å². The number of carbonyl (C=O) groups excluding carboxylic acids is 2. The van der Waals surface area contributed by atoms with Crippen LogP contribution in [0.4, 0.5) is 17.2 Å². The van der Waals surface area contributed by atoms with Crippen molar-refractivity contribution in [3.05, 3.63) is 72.4 Å². The molecule has 3 aromatic rings. The Balaban J connectivity index is 1.63. The summed E-state index contributed by atoms with van der Waals surface area (Å²) in [5.74, 6) is -0.126. The Bertz CT molecular complexity index is 1110. The molecule has 2 heterocycles. The van der Waals surface area contributed by atoms with E-state index in [1.54, 1.807) is 24.4 Å². The third-order valence-corrected chi connectivity index (χ3v) is 5.30. The number of pyridine rings is 1. The Morgan fingerprint density at radius 2 is 1.88 bits per heavy atom. The van der Waals surface area contributed by atoms with Crippen LogP contribution in [0.15, 0.2) is 66.9 Å². The van der Waals surface area contributed by atoms with E-state index in [2.05, 4.69) is 20.9 Å². The maximum absolute atomic E-state index is 12.6. The standard InChI is InChI=1S/C25H26N4O4/c30-10-9-27-24(31)20-12-19(13-22(14-20)28-21-4-2-1-3-5-21)17-6-8-26-23(15-17)29-25(32)18-7-11-33-16-18/h1-6,8,12-15,18,28,30H,7,9-11,16H2,(H,27,31)(H,26,29,32). The Morgan fingerprint density at radius 3 is 2.64 bits per heavy atom. The van der Waals surface area contributed by atoms with Crippen molar-refractivity contribution in [2.75, 3.05) is 37.0 Å². The van der Waals surface area contributed by atoms with Gasteiger partial charge in [-0.3, -0.25) is 9.59 Å². The van der Waals surface area contributed by atoms with Gasteiger partial charge in [-0.15, -0.1) is 0 Å². The minimum atomic E-state index is -0.286. The summed E-state index contributed by atoms with van der Waals surface area (Å²) in [5, 5.41) is 17.9. The number of benzene rings is 2. The first-order valence-corrected chi connectivity index (χ1v) is 10.8. The van der Waals surface area contributed by atoms with E-state index < -0.39 is 0 Å². The number of ether oxygens (including phenoxy) is 1. The zero-order valence-corrected chi connectivity index (χ0v) is 18.1. The van der Waals surface area contributed by atoms with Crippen molar-refractivity contribution in [2.45, 2.75) is 6.42 Å². The summed E-state index contributed by atoms with van der Waals surface area (Å²) in [6, 6.07) is 18.7. The first-order chi connectivity index (χ1) is 16.1. The number of hydrogen-bond donors (Lipinski definition) is 4. The van der Waals surface area contributed by atoms with E-state index in [0.29, 0.717) is 31.0 Å². The molecule has 0 bridgehead atoms. The minimum Gasteiger partial charge on any atom is -0.395 e. The number of aromatic nitrogens is 1. The third kappa shape index (κ3) is 5.94. The second-order valence-electron chi connectivity index (χ2n) is 7.75. The second kappa shape index (κ2) is 10.7. The van der Waals surface area contributed by atoms with E-state index in [0.717, 1.165) is 22.5 Å². The van der Waals surface area contributed by atoms with E-state index >= 15 is 0 Å². The molecule has 0 spiro atoms. The Kier molecular flexibility index (Phi) is 7.29. The van der Waals surface area contributed by atoms with Crippen molar-refractivity contribution < 1.29 is 19.4 Å². The lowest BCUT2D eigenvalue weighted by molar-refractivity contribution is -0.119. The van der Waals surface area contributed by atoms with Crippen molar-refractivity contribution in [3.63, 3.8) is 0 Å². The fourth-order valence-corrected chi connectivity index (χ4v) is 3.61. The van der Waals surface area contributed by atoms with Gasteiger partial charge in [-0.25, -0.2) is 4.98 Å². The normalized spacial score (nSPS) is 15.1. The van der Waals surface area contributed by atoms with Gasteiger partial charge in [-0.2, -0.15) is 0 Å². The molecular weight excluding hydrogens is 420 g/mol. The molecule has 4 rings (SSSR count). The number of aliphatic hydroxyl groups excluding tert-OH is 1. The maximum Gasteiger partial charge on any atom is 0.251 e. The van der Waals surface area contributed by atoms with Crippen LogP contribution >= 0.6 is 0 Å². The number of anilines is 3. The predicted molar refractivity (Wildman–Crippen MR) is 126 cm³/mol. The summed E-state index contributed by atoms with van der Waals surface area (Å²) in [5.41, 5.74) is 3.66. The smallest absolute Gasteiger partial charge is 0.251 e. The average Bonchev–Trinajstić information content (AvgIpc) is 3.38. The van der Waals surface area contributed by atoms with Crippen molar-refractivity contribution in [2.24, 2.45) is 5.92 Å². The van der Waals surface area contributed by atoms with Crippen LogP contribution in [0, 0.1) is 5.92 Å². The maximum atomic E-state index is 12.6. The molecule has 1 fully saturated rings. The second-order valence-corrected chi connectivity index (χ2v) is 7.75. The third-order valence-electron chi connectivity index (χ3n) is 5.30. The molecule has 1 saturated heterocycles. The number of carbonyl (C=O) groups is 2. The van der Waals surface area contributed by atoms with Gasteiger partial charge in [0.2, 0.25) is 5.91 Å². The van der Waals surface area contributed by atoms with E-state index in [4.69, 9.17) is 9.84 Å². The fraction of sp³-hybridized carbons (Fsp3) is 0.240. The van der Waals surface area contributed by atoms with Gasteiger partial charge in [-0.1, -0.05) is 18.2 Å². The molecule has 170 valence electrons. The van der Waals surface area contributed by atoms with Crippen LogP contribution in [0.25, 0.3) is 11.1 Å². The van der Waals surface area contributed by atoms with Crippen LogP contribution in [0.1, 0.15) is 16.8 Å². The molecule has 4 N–H and O–H groups in total. The summed E-state index contributed by atoms with van der Waals surface area (Å²) < 4.78 is 5.29. The largest absolute Gasteiger partial charge is 0.395 e. The monoisotopic (exact) mass is 446 g/mol. The lowest BCUT2D eigenvalue weighted by atomic mass is 10.0. The van der Waals surface area contributed by atoms with E-state index in [1.807, 2.05) is 42.5 Å². The molecule has 33 heavy (non-hydrogen) atoms. The SMILES string of the molecule is O=C(NCCO)c1cc(Nc2ccccc2)cc(-c2ccnc(NC(=O)C3CCOC3)c2)c1. The van der Waals surface area contributed by atoms with E-state index in [9.17, 15) is 9.59 Å². The molecule has 8 heteroatoms. The lowest BCUT2D eigenvalue weighted by Gasteiger charge is -2.13. The van der Waals surface area contributed by atoms with Gasteiger partial charge in [0.25, 0.3) is 5.91 Å². The Labute approximate surface area is 192 Å². The molecule has 2 aromatic carbocycles. The number of amides is 2. The molecule has 1 aromatic heterocycles. The van der Waals surface area contributed by atoms with Gasteiger partial charge in [0.05, 0.1) is 19.1 Å². The highest BCUT2D eigenvalue weighted by Crippen LogP contribution is 2.28. The summed E-state index contributed by atoms with van der Waals surface area (Å²) in [6.07, 6.45) is 2.32. The fourth-order valence-electron chi connectivity index (χ4n) is 3.61. The van der Waals surface area contributed by atoms with Gasteiger partial charge in [-0.05, 0) is 60.0 Å². The summed E-state index contributed by atoms with van der Waals surface area (Å²) >= 11 is 0. The number of hydrogen-bond acceptors (Lipinski definition) is 6. The van der Waals surface area contributed by atoms with Crippen LogP contribution in [0.5, 0.6) is 0 Å². The van der Waals surface area contributed by atoms with Gasteiger partial charge < -0.3 is 25.8 Å². The summed E-state index contributed by atoms with van der Waals surface area (Å²) in [4.78, 5) is 29.3. The van der Waals surface area contributed by atoms with Crippen LogP contribution in [0.3, 0.4) is 0 Å². The molecule has 2 amide bonds. The number of aliphatic hydroxyl groups is 1. The number of nitrogens with zero attached hydrogens (tertiary/aromatic N) is 1. The van der Waals surface area contributed by atoms with Crippen molar-refractivity contribution in [1.82, 2.24) is 10.3 Å². The van der Waals surface area contributed by atoms with Gasteiger partial charge in [0.15, 0.2) is 0 Å². The molecule has 0 radical (unpaired) electrons. The highest BCUT2D eigenvalue weighted by Gasteiger charge is 2.23. The topological polar surface area (TPSA) is 113 Å². The number of para-hydroxylation sites is 1. The first kappa shape index (κ1) is 22.4. The molecular formula is C25H26N4O4. The average molecular weight is 447 g/mol. The zero-order chi connectivity index (χ0) is 23.0.